The van der Waals surface area contributed by atoms with Crippen molar-refractivity contribution in [1.82, 2.24) is 5.32 Å². The van der Waals surface area contributed by atoms with Gasteiger partial charge in [-0.05, 0) is 37.1 Å². The molecular weight excluding hydrogens is 304 g/mol. The fourth-order valence-corrected chi connectivity index (χ4v) is 2.52. The molecule has 92 valence electrons. The summed E-state index contributed by atoms with van der Waals surface area (Å²) in [5.41, 5.74) is 0.645. The van der Waals surface area contributed by atoms with Crippen molar-refractivity contribution in [3.05, 3.63) is 27.7 Å². The zero-order valence-electron chi connectivity index (χ0n) is 9.47. The maximum atomic E-state index is 12.0. The molecule has 17 heavy (non-hydrogen) atoms. The average molecular weight is 318 g/mol. The van der Waals surface area contributed by atoms with E-state index in [-0.39, 0.29) is 11.9 Å². The molecule has 3 nitrogen and oxygen atoms in total. The first-order chi connectivity index (χ1) is 8.08. The molecule has 0 saturated carbocycles. The summed E-state index contributed by atoms with van der Waals surface area (Å²) >= 11 is 9.38. The van der Waals surface area contributed by atoms with Gasteiger partial charge in [0, 0.05) is 4.47 Å². The molecule has 1 aliphatic rings. The normalized spacial score (nSPS) is 23.7. The van der Waals surface area contributed by atoms with Gasteiger partial charge in [-0.25, -0.2) is 0 Å². The van der Waals surface area contributed by atoms with Crippen LogP contribution in [0.4, 0.5) is 5.69 Å². The first-order valence-corrected chi connectivity index (χ1v) is 6.74. The van der Waals surface area contributed by atoms with E-state index in [1.807, 2.05) is 6.07 Å². The Bertz CT molecular complexity index is 439. The van der Waals surface area contributed by atoms with Crippen LogP contribution >= 0.6 is 27.5 Å². The fraction of sp³-hybridized carbons (Fsp3) is 0.417. The molecule has 1 aromatic rings. The summed E-state index contributed by atoms with van der Waals surface area (Å²) < 4.78 is 0.893. The minimum atomic E-state index is -0.120. The van der Waals surface area contributed by atoms with Crippen molar-refractivity contribution in [2.75, 3.05) is 11.9 Å². The number of hydrogen-bond acceptors (Lipinski definition) is 2. The SMILES string of the molecule is CC1CCNC1C(=O)Nc1cc(Br)ccc1Cl. The molecular formula is C12H14BrClN2O. The zero-order chi connectivity index (χ0) is 12.4. The maximum absolute atomic E-state index is 12.0. The molecule has 0 bridgehead atoms. The zero-order valence-corrected chi connectivity index (χ0v) is 11.8. The first-order valence-electron chi connectivity index (χ1n) is 5.57. The molecule has 1 amide bonds. The third-order valence-electron chi connectivity index (χ3n) is 3.00. The maximum Gasteiger partial charge on any atom is 0.241 e. The monoisotopic (exact) mass is 316 g/mol. The quantitative estimate of drug-likeness (QED) is 0.880. The van der Waals surface area contributed by atoms with E-state index in [0.29, 0.717) is 16.6 Å². The Labute approximate surface area is 114 Å². The van der Waals surface area contributed by atoms with Crippen molar-refractivity contribution in [2.45, 2.75) is 19.4 Å². The van der Waals surface area contributed by atoms with Gasteiger partial charge in [0.25, 0.3) is 0 Å². The van der Waals surface area contributed by atoms with E-state index < -0.39 is 0 Å². The van der Waals surface area contributed by atoms with E-state index in [1.165, 1.54) is 0 Å². The number of rotatable bonds is 2. The molecule has 2 rings (SSSR count). The van der Waals surface area contributed by atoms with Gasteiger partial charge in [0.2, 0.25) is 5.91 Å². The van der Waals surface area contributed by atoms with Crippen LogP contribution in [0.15, 0.2) is 22.7 Å². The van der Waals surface area contributed by atoms with Crippen molar-refractivity contribution < 1.29 is 4.79 Å². The predicted octanol–water partition coefficient (Wildman–Crippen LogP) is 3.04. The Morgan fingerprint density at radius 1 is 1.59 bits per heavy atom. The van der Waals surface area contributed by atoms with Gasteiger partial charge in [-0.1, -0.05) is 34.5 Å². The van der Waals surface area contributed by atoms with E-state index in [1.54, 1.807) is 12.1 Å². The van der Waals surface area contributed by atoms with Gasteiger partial charge in [-0.2, -0.15) is 0 Å². The third kappa shape index (κ3) is 3.00. The van der Waals surface area contributed by atoms with Gasteiger partial charge in [-0.15, -0.1) is 0 Å². The number of carbonyl (C=O) groups excluding carboxylic acids is 1. The lowest BCUT2D eigenvalue weighted by Crippen LogP contribution is -2.39. The molecule has 0 radical (unpaired) electrons. The molecule has 0 aromatic heterocycles. The minimum Gasteiger partial charge on any atom is -0.323 e. The van der Waals surface area contributed by atoms with Crippen LogP contribution in [-0.4, -0.2) is 18.5 Å². The van der Waals surface area contributed by atoms with Gasteiger partial charge in [0.15, 0.2) is 0 Å². The van der Waals surface area contributed by atoms with E-state index in [0.717, 1.165) is 17.4 Å². The molecule has 2 unspecified atom stereocenters. The number of halogens is 2. The second-order valence-corrected chi connectivity index (χ2v) is 5.63. The average Bonchev–Trinajstić information content (AvgIpc) is 2.70. The lowest BCUT2D eigenvalue weighted by atomic mass is 10.0. The number of benzene rings is 1. The smallest absolute Gasteiger partial charge is 0.241 e. The van der Waals surface area contributed by atoms with Gasteiger partial charge < -0.3 is 10.6 Å². The Morgan fingerprint density at radius 2 is 2.35 bits per heavy atom. The molecule has 5 heteroatoms. The highest BCUT2D eigenvalue weighted by molar-refractivity contribution is 9.10. The lowest BCUT2D eigenvalue weighted by Gasteiger charge is -2.16. The molecule has 1 fully saturated rings. The third-order valence-corrected chi connectivity index (χ3v) is 3.82. The van der Waals surface area contributed by atoms with Gasteiger partial charge in [-0.3, -0.25) is 4.79 Å². The Hall–Kier alpha value is -0.580. The van der Waals surface area contributed by atoms with Crippen LogP contribution in [0.1, 0.15) is 13.3 Å². The van der Waals surface area contributed by atoms with Crippen molar-refractivity contribution >= 4 is 39.1 Å². The highest BCUT2D eigenvalue weighted by atomic mass is 79.9. The lowest BCUT2D eigenvalue weighted by molar-refractivity contribution is -0.118. The Morgan fingerprint density at radius 3 is 3.00 bits per heavy atom. The highest BCUT2D eigenvalue weighted by Crippen LogP contribution is 2.26. The summed E-state index contributed by atoms with van der Waals surface area (Å²) in [6.07, 6.45) is 1.03. The Balaban J connectivity index is 2.10. The van der Waals surface area contributed by atoms with Crippen LogP contribution in [0, 0.1) is 5.92 Å². The molecule has 2 atom stereocenters. The topological polar surface area (TPSA) is 41.1 Å². The molecule has 1 heterocycles. The van der Waals surface area contributed by atoms with Crippen LogP contribution in [0.2, 0.25) is 5.02 Å². The fourth-order valence-electron chi connectivity index (χ4n) is 1.99. The molecule has 1 saturated heterocycles. The van der Waals surface area contributed by atoms with Crippen molar-refractivity contribution in [3.63, 3.8) is 0 Å². The number of carbonyl (C=O) groups is 1. The predicted molar refractivity (Wildman–Crippen MR) is 73.4 cm³/mol. The summed E-state index contributed by atoms with van der Waals surface area (Å²) in [5, 5.41) is 6.60. The van der Waals surface area contributed by atoms with E-state index in [9.17, 15) is 4.79 Å². The summed E-state index contributed by atoms with van der Waals surface area (Å²) in [6.45, 7) is 2.97. The number of anilines is 1. The van der Waals surface area contributed by atoms with E-state index in [2.05, 4.69) is 33.5 Å². The van der Waals surface area contributed by atoms with Crippen LogP contribution in [0.5, 0.6) is 0 Å². The number of amides is 1. The largest absolute Gasteiger partial charge is 0.323 e. The van der Waals surface area contributed by atoms with E-state index in [4.69, 9.17) is 11.6 Å². The molecule has 1 aliphatic heterocycles. The van der Waals surface area contributed by atoms with Crippen molar-refractivity contribution in [1.29, 1.82) is 0 Å². The van der Waals surface area contributed by atoms with Crippen LogP contribution in [-0.2, 0) is 4.79 Å². The summed E-state index contributed by atoms with van der Waals surface area (Å²) in [6, 6.07) is 5.28. The molecule has 0 aliphatic carbocycles. The van der Waals surface area contributed by atoms with Crippen molar-refractivity contribution in [3.8, 4) is 0 Å². The van der Waals surface area contributed by atoms with Crippen molar-refractivity contribution in [2.24, 2.45) is 5.92 Å². The van der Waals surface area contributed by atoms with E-state index >= 15 is 0 Å². The molecule has 2 N–H and O–H groups in total. The highest BCUT2D eigenvalue weighted by Gasteiger charge is 2.29. The van der Waals surface area contributed by atoms with Gasteiger partial charge in [0.05, 0.1) is 16.8 Å². The van der Waals surface area contributed by atoms with Crippen LogP contribution in [0.3, 0.4) is 0 Å². The summed E-state index contributed by atoms with van der Waals surface area (Å²) in [7, 11) is 0. The Kier molecular flexibility index (Phi) is 4.07. The number of hydrogen-bond donors (Lipinski definition) is 2. The number of nitrogens with one attached hydrogen (secondary N) is 2. The summed E-state index contributed by atoms with van der Waals surface area (Å²) in [5.74, 6) is 0.343. The van der Waals surface area contributed by atoms with Gasteiger partial charge in [0.1, 0.15) is 0 Å². The van der Waals surface area contributed by atoms with Crippen LogP contribution in [0.25, 0.3) is 0 Å². The van der Waals surface area contributed by atoms with Gasteiger partial charge >= 0.3 is 0 Å². The van der Waals surface area contributed by atoms with Crippen LogP contribution < -0.4 is 10.6 Å². The first kappa shape index (κ1) is 12.9. The summed E-state index contributed by atoms with van der Waals surface area (Å²) in [4.78, 5) is 12.0. The standard InChI is InChI=1S/C12H14BrClN2O/c1-7-4-5-15-11(7)12(17)16-10-6-8(13)2-3-9(10)14/h2-3,6-7,11,15H,4-5H2,1H3,(H,16,17). The minimum absolute atomic E-state index is 0.0185. The molecule has 1 aromatic carbocycles. The molecule has 0 spiro atoms. The second kappa shape index (κ2) is 5.38. The second-order valence-electron chi connectivity index (χ2n) is 4.31.